The van der Waals surface area contributed by atoms with Crippen LogP contribution in [0.2, 0.25) is 0 Å². The smallest absolute Gasteiger partial charge is 0.410 e. The molecule has 1 rings (SSSR count). The number of halogens is 1. The lowest BCUT2D eigenvalue weighted by Gasteiger charge is -2.24. The summed E-state index contributed by atoms with van der Waals surface area (Å²) >= 11 is 0. The first-order valence-electron chi connectivity index (χ1n) is 4.86. The number of carbonyl (C=O) groups is 1. The molecular formula is C10H18FNO2. The number of alkyl halides is 1. The third-order valence-corrected chi connectivity index (χ3v) is 2.08. The molecule has 0 N–H and O–H groups in total. The molecule has 1 heterocycles. The number of ether oxygens (including phenoxy) is 1. The van der Waals surface area contributed by atoms with E-state index >= 15 is 0 Å². The van der Waals surface area contributed by atoms with Gasteiger partial charge in [0.05, 0.1) is 6.54 Å². The molecule has 0 radical (unpaired) electrons. The summed E-state index contributed by atoms with van der Waals surface area (Å²) in [6, 6.07) is 0. The molecule has 3 nitrogen and oxygen atoms in total. The lowest BCUT2D eigenvalue weighted by Crippen LogP contribution is -2.36. The quantitative estimate of drug-likeness (QED) is 0.605. The Labute approximate surface area is 84.2 Å². The van der Waals surface area contributed by atoms with Crippen LogP contribution in [0.4, 0.5) is 9.18 Å². The van der Waals surface area contributed by atoms with Crippen LogP contribution in [-0.2, 0) is 4.74 Å². The van der Waals surface area contributed by atoms with Gasteiger partial charge in [-0.15, -0.1) is 0 Å². The maximum absolute atomic E-state index is 13.4. The molecule has 0 aromatic carbocycles. The van der Waals surface area contributed by atoms with Crippen LogP contribution in [-0.4, -0.2) is 35.4 Å². The van der Waals surface area contributed by atoms with Gasteiger partial charge in [0.2, 0.25) is 0 Å². The monoisotopic (exact) mass is 203 g/mol. The van der Waals surface area contributed by atoms with Gasteiger partial charge in [0, 0.05) is 13.0 Å². The molecule has 0 saturated carbocycles. The number of rotatable bonds is 0. The Kier molecular flexibility index (Phi) is 2.74. The van der Waals surface area contributed by atoms with Gasteiger partial charge in [0.25, 0.3) is 0 Å². The van der Waals surface area contributed by atoms with Crippen molar-refractivity contribution in [1.29, 1.82) is 0 Å². The van der Waals surface area contributed by atoms with Crippen LogP contribution in [0.5, 0.6) is 0 Å². The fourth-order valence-corrected chi connectivity index (χ4v) is 1.41. The Balaban J connectivity index is 2.48. The Morgan fingerprint density at radius 1 is 1.50 bits per heavy atom. The van der Waals surface area contributed by atoms with Gasteiger partial charge in [-0.25, -0.2) is 9.18 Å². The van der Waals surface area contributed by atoms with Crippen LogP contribution >= 0.6 is 0 Å². The second-order valence-corrected chi connectivity index (χ2v) is 5.07. The van der Waals surface area contributed by atoms with Gasteiger partial charge < -0.3 is 9.64 Å². The summed E-state index contributed by atoms with van der Waals surface area (Å²) in [4.78, 5) is 12.9. The molecule has 0 bridgehead atoms. The Bertz CT molecular complexity index is 233. The van der Waals surface area contributed by atoms with Gasteiger partial charge in [-0.2, -0.15) is 0 Å². The maximum atomic E-state index is 13.4. The Morgan fingerprint density at radius 3 is 2.43 bits per heavy atom. The molecule has 0 aliphatic carbocycles. The third-order valence-electron chi connectivity index (χ3n) is 2.08. The van der Waals surface area contributed by atoms with Gasteiger partial charge in [-0.05, 0) is 27.7 Å². The van der Waals surface area contributed by atoms with Crippen LogP contribution in [0.15, 0.2) is 0 Å². The van der Waals surface area contributed by atoms with Gasteiger partial charge >= 0.3 is 6.09 Å². The average Bonchev–Trinajstić information content (AvgIpc) is 2.26. The molecule has 14 heavy (non-hydrogen) atoms. The van der Waals surface area contributed by atoms with Crippen molar-refractivity contribution in [3.05, 3.63) is 0 Å². The van der Waals surface area contributed by atoms with Crippen molar-refractivity contribution in [3.63, 3.8) is 0 Å². The van der Waals surface area contributed by atoms with E-state index in [0.29, 0.717) is 13.0 Å². The fourth-order valence-electron chi connectivity index (χ4n) is 1.41. The molecule has 0 aromatic heterocycles. The van der Waals surface area contributed by atoms with Crippen LogP contribution in [0.3, 0.4) is 0 Å². The minimum atomic E-state index is -1.25. The van der Waals surface area contributed by atoms with Crippen molar-refractivity contribution in [2.45, 2.75) is 45.4 Å². The number of likely N-dealkylation sites (tertiary alicyclic amines) is 1. The number of nitrogens with zero attached hydrogens (tertiary/aromatic N) is 1. The van der Waals surface area contributed by atoms with E-state index < -0.39 is 17.4 Å². The van der Waals surface area contributed by atoms with Crippen molar-refractivity contribution in [2.24, 2.45) is 0 Å². The zero-order valence-electron chi connectivity index (χ0n) is 9.26. The topological polar surface area (TPSA) is 29.5 Å². The fraction of sp³-hybridized carbons (Fsp3) is 0.900. The summed E-state index contributed by atoms with van der Waals surface area (Å²) in [6.07, 6.45) is -0.0226. The standard InChI is InChI=1S/C10H18FNO2/c1-9(2,3)14-8(13)12-6-5-10(4,11)7-12/h5-7H2,1-4H3. The molecule has 4 heteroatoms. The summed E-state index contributed by atoms with van der Waals surface area (Å²) < 4.78 is 18.5. The zero-order valence-corrected chi connectivity index (χ0v) is 9.26. The molecule has 1 atom stereocenters. The van der Waals surface area contributed by atoms with E-state index in [2.05, 4.69) is 0 Å². The first kappa shape index (κ1) is 11.3. The molecule has 1 aliphatic rings. The van der Waals surface area contributed by atoms with Crippen molar-refractivity contribution < 1.29 is 13.9 Å². The number of hydrogen-bond acceptors (Lipinski definition) is 2. The van der Waals surface area contributed by atoms with Gasteiger partial charge in [-0.1, -0.05) is 0 Å². The predicted molar refractivity (Wildman–Crippen MR) is 51.9 cm³/mol. The van der Waals surface area contributed by atoms with Crippen LogP contribution in [0.1, 0.15) is 34.1 Å². The number of hydrogen-bond donors (Lipinski definition) is 0. The lowest BCUT2D eigenvalue weighted by molar-refractivity contribution is 0.0264. The third kappa shape index (κ3) is 3.16. The minimum absolute atomic E-state index is 0.141. The van der Waals surface area contributed by atoms with E-state index in [4.69, 9.17) is 4.74 Å². The molecular weight excluding hydrogens is 185 g/mol. The summed E-state index contributed by atoms with van der Waals surface area (Å²) in [5.41, 5.74) is -1.76. The summed E-state index contributed by atoms with van der Waals surface area (Å²) in [5, 5.41) is 0. The van der Waals surface area contributed by atoms with Gasteiger partial charge in [0.1, 0.15) is 11.3 Å². The minimum Gasteiger partial charge on any atom is -0.444 e. The van der Waals surface area contributed by atoms with E-state index in [1.807, 2.05) is 0 Å². The van der Waals surface area contributed by atoms with Crippen molar-refractivity contribution in [1.82, 2.24) is 4.90 Å². The van der Waals surface area contributed by atoms with E-state index in [1.54, 1.807) is 20.8 Å². The zero-order chi connectivity index (χ0) is 11.0. The van der Waals surface area contributed by atoms with Crippen LogP contribution in [0, 0.1) is 0 Å². The van der Waals surface area contributed by atoms with E-state index in [1.165, 1.54) is 11.8 Å². The predicted octanol–water partition coefficient (Wildman–Crippen LogP) is 2.36. The molecule has 1 unspecified atom stereocenters. The highest BCUT2D eigenvalue weighted by Crippen LogP contribution is 2.25. The van der Waals surface area contributed by atoms with Crippen molar-refractivity contribution in [3.8, 4) is 0 Å². The molecule has 1 fully saturated rings. The van der Waals surface area contributed by atoms with E-state index in [0.717, 1.165) is 0 Å². The molecule has 1 amide bonds. The highest BCUT2D eigenvalue weighted by Gasteiger charge is 2.37. The average molecular weight is 203 g/mol. The summed E-state index contributed by atoms with van der Waals surface area (Å²) in [6.45, 7) is 7.50. The Hall–Kier alpha value is -0.800. The lowest BCUT2D eigenvalue weighted by atomic mass is 10.1. The molecule has 1 saturated heterocycles. The normalized spacial score (nSPS) is 27.9. The molecule has 0 spiro atoms. The Morgan fingerprint density at radius 2 is 2.07 bits per heavy atom. The second kappa shape index (κ2) is 3.41. The first-order valence-corrected chi connectivity index (χ1v) is 4.86. The number of amides is 1. The molecule has 1 aliphatic heterocycles. The molecule has 0 aromatic rings. The number of carbonyl (C=O) groups excluding carboxylic acids is 1. The summed E-state index contributed by atoms with van der Waals surface area (Å²) in [7, 11) is 0. The van der Waals surface area contributed by atoms with Crippen molar-refractivity contribution >= 4 is 6.09 Å². The van der Waals surface area contributed by atoms with E-state index in [9.17, 15) is 9.18 Å². The highest BCUT2D eigenvalue weighted by atomic mass is 19.1. The van der Waals surface area contributed by atoms with E-state index in [-0.39, 0.29) is 6.54 Å². The summed E-state index contributed by atoms with van der Waals surface area (Å²) in [5.74, 6) is 0. The SMILES string of the molecule is CC1(F)CCN(C(=O)OC(C)(C)C)C1. The second-order valence-electron chi connectivity index (χ2n) is 5.07. The van der Waals surface area contributed by atoms with Gasteiger partial charge in [0.15, 0.2) is 0 Å². The van der Waals surface area contributed by atoms with Crippen molar-refractivity contribution in [2.75, 3.05) is 13.1 Å². The van der Waals surface area contributed by atoms with Crippen LogP contribution in [0.25, 0.3) is 0 Å². The highest BCUT2D eigenvalue weighted by molar-refractivity contribution is 5.68. The largest absolute Gasteiger partial charge is 0.444 e. The van der Waals surface area contributed by atoms with Gasteiger partial charge in [-0.3, -0.25) is 0 Å². The van der Waals surface area contributed by atoms with Crippen LogP contribution < -0.4 is 0 Å². The maximum Gasteiger partial charge on any atom is 0.410 e. The molecule has 82 valence electrons. The first-order chi connectivity index (χ1) is 6.20.